The molecule has 2 aromatic rings. The third-order valence-corrected chi connectivity index (χ3v) is 7.73. The highest BCUT2D eigenvalue weighted by Crippen LogP contribution is 2.38. The number of rotatable bonds is 7. The lowest BCUT2D eigenvalue weighted by Gasteiger charge is -2.40. The molecule has 162 valence electrons. The van der Waals surface area contributed by atoms with E-state index in [4.69, 9.17) is 45.3 Å². The second-order valence-corrected chi connectivity index (χ2v) is 10.6. The molecule has 1 amide bonds. The van der Waals surface area contributed by atoms with E-state index < -0.39 is 21.3 Å². The van der Waals surface area contributed by atoms with Crippen molar-refractivity contribution in [2.75, 3.05) is 19.7 Å². The van der Waals surface area contributed by atoms with E-state index in [1.165, 1.54) is 22.5 Å². The molecule has 6 nitrogen and oxygen atoms in total. The maximum Gasteiger partial charge on any atom is 0.243 e. The van der Waals surface area contributed by atoms with Crippen LogP contribution in [0, 0.1) is 5.41 Å². The summed E-state index contributed by atoms with van der Waals surface area (Å²) >= 11 is 17.8. The fourth-order valence-corrected chi connectivity index (χ4v) is 5.83. The largest absolute Gasteiger partial charge is 0.493 e. The van der Waals surface area contributed by atoms with Crippen LogP contribution in [-0.2, 0) is 14.8 Å². The normalized spacial score (nSPS) is 16.9. The molecule has 0 unspecified atom stereocenters. The average molecular weight is 492 g/mol. The van der Waals surface area contributed by atoms with E-state index in [2.05, 4.69) is 0 Å². The zero-order chi connectivity index (χ0) is 21.9. The summed E-state index contributed by atoms with van der Waals surface area (Å²) in [7, 11) is -3.76. The molecule has 2 N–H and O–H groups in total. The van der Waals surface area contributed by atoms with E-state index in [0.29, 0.717) is 23.6 Å². The molecule has 0 aliphatic carbocycles. The second kappa shape index (κ2) is 9.32. The quantitative estimate of drug-likeness (QED) is 0.623. The molecule has 1 aliphatic heterocycles. The summed E-state index contributed by atoms with van der Waals surface area (Å²) in [6.45, 7) is 0.696. The monoisotopic (exact) mass is 490 g/mol. The Hall–Kier alpha value is -1.51. The number of carbonyl (C=O) groups excluding carboxylic acids is 1. The van der Waals surface area contributed by atoms with E-state index in [1.54, 1.807) is 24.3 Å². The van der Waals surface area contributed by atoms with Crippen LogP contribution in [0.2, 0.25) is 15.1 Å². The van der Waals surface area contributed by atoms with Crippen LogP contribution in [0.1, 0.15) is 19.3 Å². The third-order valence-electron chi connectivity index (χ3n) is 5.16. The van der Waals surface area contributed by atoms with Gasteiger partial charge in [0.25, 0.3) is 0 Å². The number of piperidine rings is 1. The van der Waals surface area contributed by atoms with Crippen LogP contribution in [0.15, 0.2) is 47.4 Å². The van der Waals surface area contributed by atoms with Gasteiger partial charge < -0.3 is 10.5 Å². The molecule has 0 atom stereocenters. The number of halogens is 3. The lowest BCUT2D eigenvalue weighted by molar-refractivity contribution is -0.121. The minimum absolute atomic E-state index is 0.0415. The second-order valence-electron chi connectivity index (χ2n) is 7.39. The molecule has 1 fully saturated rings. The van der Waals surface area contributed by atoms with Gasteiger partial charge in [-0.3, -0.25) is 4.79 Å². The van der Waals surface area contributed by atoms with Gasteiger partial charge in [0.15, 0.2) is 0 Å². The van der Waals surface area contributed by atoms with Crippen LogP contribution < -0.4 is 10.5 Å². The first kappa shape index (κ1) is 23.2. The number of hydrogen-bond donors (Lipinski definition) is 1. The Morgan fingerprint density at radius 3 is 2.10 bits per heavy atom. The summed E-state index contributed by atoms with van der Waals surface area (Å²) in [5.74, 6) is 0.166. The van der Waals surface area contributed by atoms with Gasteiger partial charge in [-0.15, -0.1) is 0 Å². The first-order valence-electron chi connectivity index (χ1n) is 9.23. The molecule has 10 heteroatoms. The van der Waals surface area contributed by atoms with Gasteiger partial charge in [0.2, 0.25) is 15.9 Å². The topological polar surface area (TPSA) is 89.7 Å². The van der Waals surface area contributed by atoms with Crippen LogP contribution in [-0.4, -0.2) is 38.3 Å². The van der Waals surface area contributed by atoms with Crippen LogP contribution >= 0.6 is 34.8 Å². The lowest BCUT2D eigenvalue weighted by Crippen LogP contribution is -2.47. The average Bonchev–Trinajstić information content (AvgIpc) is 2.67. The predicted octanol–water partition coefficient (Wildman–Crippen LogP) is 4.37. The van der Waals surface area contributed by atoms with Crippen LogP contribution in [0.4, 0.5) is 0 Å². The van der Waals surface area contributed by atoms with Crippen LogP contribution in [0.25, 0.3) is 0 Å². The Kier molecular flexibility index (Phi) is 7.20. The molecule has 0 spiro atoms. The summed E-state index contributed by atoms with van der Waals surface area (Å²) in [6, 6.07) is 11.1. The molecule has 3 rings (SSSR count). The molecule has 0 aromatic heterocycles. The summed E-state index contributed by atoms with van der Waals surface area (Å²) in [6.07, 6.45) is 0.964. The van der Waals surface area contributed by atoms with Crippen molar-refractivity contribution in [2.24, 2.45) is 11.1 Å². The smallest absolute Gasteiger partial charge is 0.243 e. The van der Waals surface area contributed by atoms with Crippen LogP contribution in [0.5, 0.6) is 5.75 Å². The first-order valence-corrected chi connectivity index (χ1v) is 11.8. The fraction of sp³-hybridized carbons (Fsp3) is 0.350. The summed E-state index contributed by atoms with van der Waals surface area (Å²) < 4.78 is 33.3. The molecule has 0 bridgehead atoms. The van der Waals surface area contributed by atoms with E-state index >= 15 is 0 Å². The number of nitrogens with zero attached hydrogens (tertiary/aromatic N) is 1. The number of primary amides is 1. The molecule has 0 saturated carbocycles. The Bertz CT molecular complexity index is 1000. The van der Waals surface area contributed by atoms with Gasteiger partial charge in [0.1, 0.15) is 5.75 Å². The fourth-order valence-electron chi connectivity index (χ4n) is 3.54. The molecule has 1 saturated heterocycles. The molecule has 2 aromatic carbocycles. The van der Waals surface area contributed by atoms with Gasteiger partial charge in [-0.2, -0.15) is 4.31 Å². The molecule has 1 heterocycles. The van der Waals surface area contributed by atoms with Gasteiger partial charge in [-0.25, -0.2) is 8.42 Å². The van der Waals surface area contributed by atoms with E-state index in [9.17, 15) is 13.2 Å². The highest BCUT2D eigenvalue weighted by atomic mass is 35.5. The third kappa shape index (κ3) is 5.59. The number of carbonyl (C=O) groups is 1. The standard InChI is InChI=1S/C20H21Cl3N2O4S/c21-14-1-3-17(4-2-14)29-13-20(12-19(24)26)5-7-25(8-6-20)30(27,28)18-10-15(22)9-16(23)11-18/h1-4,9-11H,5-8,12-13H2,(H2,24,26). The van der Waals surface area contributed by atoms with Gasteiger partial charge in [0, 0.05) is 40.0 Å². The maximum absolute atomic E-state index is 13.0. The van der Waals surface area contributed by atoms with Gasteiger partial charge in [0.05, 0.1) is 11.5 Å². The summed E-state index contributed by atoms with van der Waals surface area (Å²) in [4.78, 5) is 11.7. The molecule has 0 radical (unpaired) electrons. The van der Waals surface area contributed by atoms with Crippen LogP contribution in [0.3, 0.4) is 0 Å². The van der Waals surface area contributed by atoms with Crippen molar-refractivity contribution < 1.29 is 17.9 Å². The summed E-state index contributed by atoms with van der Waals surface area (Å²) in [5.41, 5.74) is 4.92. The molecule has 30 heavy (non-hydrogen) atoms. The molecular formula is C20H21Cl3N2O4S. The lowest BCUT2D eigenvalue weighted by atomic mass is 9.76. The highest BCUT2D eigenvalue weighted by molar-refractivity contribution is 7.89. The number of ether oxygens (including phenoxy) is 1. The number of nitrogens with two attached hydrogens (primary N) is 1. The summed E-state index contributed by atoms with van der Waals surface area (Å²) in [5, 5.41) is 1.09. The van der Waals surface area contributed by atoms with Gasteiger partial charge in [-0.05, 0) is 55.3 Å². The SMILES string of the molecule is NC(=O)CC1(COc2ccc(Cl)cc2)CCN(S(=O)(=O)c2cc(Cl)cc(Cl)c2)CC1. The van der Waals surface area contributed by atoms with Crippen molar-refractivity contribution in [1.29, 1.82) is 0 Å². The minimum atomic E-state index is -3.76. The van der Waals surface area contributed by atoms with Crippen molar-refractivity contribution in [1.82, 2.24) is 4.31 Å². The van der Waals surface area contributed by atoms with Crippen molar-refractivity contribution in [2.45, 2.75) is 24.2 Å². The highest BCUT2D eigenvalue weighted by Gasteiger charge is 2.40. The predicted molar refractivity (Wildman–Crippen MR) is 118 cm³/mol. The number of hydrogen-bond acceptors (Lipinski definition) is 4. The van der Waals surface area contributed by atoms with Crippen molar-refractivity contribution in [3.63, 3.8) is 0 Å². The Labute approximate surface area is 190 Å². The first-order chi connectivity index (χ1) is 14.1. The zero-order valence-corrected chi connectivity index (χ0v) is 19.1. The zero-order valence-electron chi connectivity index (χ0n) is 16.0. The maximum atomic E-state index is 13.0. The van der Waals surface area contributed by atoms with E-state index in [1.807, 2.05) is 0 Å². The Morgan fingerprint density at radius 2 is 1.57 bits per heavy atom. The number of amides is 1. The Morgan fingerprint density at radius 1 is 1.00 bits per heavy atom. The number of benzene rings is 2. The minimum Gasteiger partial charge on any atom is -0.493 e. The molecule has 1 aliphatic rings. The van der Waals surface area contributed by atoms with Crippen molar-refractivity contribution >= 4 is 50.7 Å². The Balaban J connectivity index is 1.74. The van der Waals surface area contributed by atoms with E-state index in [-0.39, 0.29) is 41.1 Å². The van der Waals surface area contributed by atoms with Gasteiger partial charge >= 0.3 is 0 Å². The van der Waals surface area contributed by atoms with Crippen molar-refractivity contribution in [3.8, 4) is 5.75 Å². The molecular weight excluding hydrogens is 471 g/mol. The van der Waals surface area contributed by atoms with E-state index in [0.717, 1.165) is 0 Å². The van der Waals surface area contributed by atoms with Crippen molar-refractivity contribution in [3.05, 3.63) is 57.5 Å². The van der Waals surface area contributed by atoms with Gasteiger partial charge in [-0.1, -0.05) is 34.8 Å². The number of sulfonamides is 1.